The van der Waals surface area contributed by atoms with Crippen LogP contribution in [0.3, 0.4) is 0 Å². The molecule has 18 heavy (non-hydrogen) atoms. The fraction of sp³-hybridized carbons (Fsp3) is 0.231. The van der Waals surface area contributed by atoms with E-state index in [1.165, 1.54) is 0 Å². The largest absolute Gasteiger partial charge is 0.481 e. The summed E-state index contributed by atoms with van der Waals surface area (Å²) in [6, 6.07) is 7.21. The first-order valence-electron chi connectivity index (χ1n) is 5.68. The maximum atomic E-state index is 11.8. The molecule has 0 saturated carbocycles. The highest BCUT2D eigenvalue weighted by molar-refractivity contribution is 5.92. The molecule has 1 aliphatic heterocycles. The van der Waals surface area contributed by atoms with Crippen LogP contribution in [0.15, 0.2) is 38.5 Å². The molecular weight excluding hydrogens is 234 g/mol. The van der Waals surface area contributed by atoms with Crippen molar-refractivity contribution in [3.8, 4) is 5.75 Å². The second-order valence-electron chi connectivity index (χ2n) is 3.79. The molecule has 0 radical (unpaired) electrons. The van der Waals surface area contributed by atoms with E-state index >= 15 is 0 Å². The Hall–Kier alpha value is -2.30. The summed E-state index contributed by atoms with van der Waals surface area (Å²) in [4.78, 5) is 16.0. The van der Waals surface area contributed by atoms with Crippen molar-refractivity contribution in [3.63, 3.8) is 0 Å². The number of fused-ring (bicyclic) bond motifs is 3. The predicted octanol–water partition coefficient (Wildman–Crippen LogP) is 2.25. The molecule has 0 aliphatic carbocycles. The van der Waals surface area contributed by atoms with Crippen molar-refractivity contribution in [1.82, 2.24) is 0 Å². The molecule has 0 N–H and O–H groups in total. The van der Waals surface area contributed by atoms with E-state index in [2.05, 4.69) is 4.99 Å². The Morgan fingerprint density at radius 1 is 1.39 bits per heavy atom. The van der Waals surface area contributed by atoms with Crippen LogP contribution in [0.5, 0.6) is 5.75 Å². The van der Waals surface area contributed by atoms with E-state index in [4.69, 9.17) is 13.9 Å². The summed E-state index contributed by atoms with van der Waals surface area (Å²) in [5.41, 5.74) is 0.153. The van der Waals surface area contributed by atoms with Crippen LogP contribution in [-0.2, 0) is 4.74 Å². The van der Waals surface area contributed by atoms with E-state index in [0.717, 1.165) is 5.39 Å². The van der Waals surface area contributed by atoms with Gasteiger partial charge >= 0.3 is 5.63 Å². The van der Waals surface area contributed by atoms with Crippen LogP contribution in [0.4, 0.5) is 5.69 Å². The van der Waals surface area contributed by atoms with E-state index in [1.807, 2.05) is 19.1 Å². The number of benzene rings is 1. The highest BCUT2D eigenvalue weighted by atomic mass is 16.5. The van der Waals surface area contributed by atoms with Crippen LogP contribution in [-0.4, -0.2) is 19.1 Å². The van der Waals surface area contributed by atoms with Gasteiger partial charge in [-0.3, -0.25) is 0 Å². The third-order valence-electron chi connectivity index (χ3n) is 2.63. The van der Waals surface area contributed by atoms with E-state index in [0.29, 0.717) is 23.8 Å². The Morgan fingerprint density at radius 2 is 2.22 bits per heavy atom. The number of para-hydroxylation sites is 1. The van der Waals surface area contributed by atoms with Gasteiger partial charge in [0, 0.05) is 0 Å². The van der Waals surface area contributed by atoms with Crippen molar-refractivity contribution in [2.24, 2.45) is 4.99 Å². The normalized spacial score (nSPS) is 13.7. The number of nitrogens with zero attached hydrogens (tertiary/aromatic N) is 1. The monoisotopic (exact) mass is 245 g/mol. The van der Waals surface area contributed by atoms with Gasteiger partial charge in [0.15, 0.2) is 18.0 Å². The summed E-state index contributed by atoms with van der Waals surface area (Å²) < 4.78 is 16.0. The molecule has 0 saturated heterocycles. The number of aliphatic imine (C=N–C) groups is 1. The molecule has 0 atom stereocenters. The zero-order chi connectivity index (χ0) is 12.5. The molecule has 1 aromatic carbocycles. The Kier molecular flexibility index (Phi) is 2.51. The zero-order valence-electron chi connectivity index (χ0n) is 9.80. The fourth-order valence-electron chi connectivity index (χ4n) is 1.89. The maximum absolute atomic E-state index is 11.8. The highest BCUT2D eigenvalue weighted by Gasteiger charge is 2.21. The molecule has 0 spiro atoms. The second-order valence-corrected chi connectivity index (χ2v) is 3.79. The van der Waals surface area contributed by atoms with Crippen LogP contribution in [0, 0.1) is 0 Å². The first-order chi connectivity index (χ1) is 8.79. The third kappa shape index (κ3) is 1.64. The van der Waals surface area contributed by atoms with Crippen LogP contribution in [0.2, 0.25) is 0 Å². The van der Waals surface area contributed by atoms with E-state index in [-0.39, 0.29) is 12.3 Å². The molecule has 0 bridgehead atoms. The lowest BCUT2D eigenvalue weighted by molar-refractivity contribution is 0.271. The summed E-state index contributed by atoms with van der Waals surface area (Å²) in [5.74, 6) is 0.859. The summed E-state index contributed by atoms with van der Waals surface area (Å²) >= 11 is 0. The van der Waals surface area contributed by atoms with E-state index in [1.54, 1.807) is 12.1 Å². The third-order valence-corrected chi connectivity index (χ3v) is 2.63. The molecule has 3 rings (SSSR count). The van der Waals surface area contributed by atoms with Gasteiger partial charge in [-0.1, -0.05) is 12.1 Å². The molecule has 92 valence electrons. The number of ether oxygens (including phenoxy) is 2. The molecule has 0 unspecified atom stereocenters. The Labute approximate surface area is 103 Å². The van der Waals surface area contributed by atoms with Crippen molar-refractivity contribution >= 4 is 22.6 Å². The molecule has 1 aliphatic rings. The summed E-state index contributed by atoms with van der Waals surface area (Å²) in [6.07, 6.45) is 0. The minimum Gasteiger partial charge on any atom is -0.481 e. The second kappa shape index (κ2) is 4.18. The van der Waals surface area contributed by atoms with Crippen LogP contribution >= 0.6 is 0 Å². The molecule has 0 amide bonds. The molecule has 2 heterocycles. The Bertz CT molecular complexity index is 687. The van der Waals surface area contributed by atoms with Gasteiger partial charge in [-0.05, 0) is 19.1 Å². The minimum absolute atomic E-state index is 0.170. The fourth-order valence-corrected chi connectivity index (χ4v) is 1.89. The predicted molar refractivity (Wildman–Crippen MR) is 66.7 cm³/mol. The first-order valence-corrected chi connectivity index (χ1v) is 5.68. The summed E-state index contributed by atoms with van der Waals surface area (Å²) in [5, 5.41) is 0.742. The van der Waals surface area contributed by atoms with Crippen molar-refractivity contribution < 1.29 is 13.9 Å². The highest BCUT2D eigenvalue weighted by Crippen LogP contribution is 2.34. The van der Waals surface area contributed by atoms with Gasteiger partial charge in [0.2, 0.25) is 5.90 Å². The Balaban J connectivity index is 2.25. The quantitative estimate of drug-likeness (QED) is 0.723. The summed E-state index contributed by atoms with van der Waals surface area (Å²) in [6.45, 7) is 2.56. The number of rotatable bonds is 1. The van der Waals surface area contributed by atoms with Crippen LogP contribution < -0.4 is 10.4 Å². The Morgan fingerprint density at radius 3 is 3.06 bits per heavy atom. The number of hydrogen-bond acceptors (Lipinski definition) is 5. The van der Waals surface area contributed by atoms with Gasteiger partial charge in [0.05, 0.1) is 12.0 Å². The first kappa shape index (κ1) is 10.8. The molecule has 0 fully saturated rings. The standard InChI is InChI=1S/C13H11NO4/c1-2-16-10-7-17-12-8-5-3-4-6-9(8)18-13(15)11(12)14-10/h3-6H,2,7H2,1H3. The van der Waals surface area contributed by atoms with E-state index in [9.17, 15) is 4.79 Å². The van der Waals surface area contributed by atoms with Crippen LogP contribution in [0.1, 0.15) is 6.92 Å². The van der Waals surface area contributed by atoms with Crippen LogP contribution in [0.25, 0.3) is 11.0 Å². The molecule has 5 nitrogen and oxygen atoms in total. The van der Waals surface area contributed by atoms with Crippen molar-refractivity contribution in [3.05, 3.63) is 34.7 Å². The van der Waals surface area contributed by atoms with Gasteiger partial charge in [0.1, 0.15) is 5.58 Å². The van der Waals surface area contributed by atoms with Gasteiger partial charge in [-0.25, -0.2) is 9.79 Å². The van der Waals surface area contributed by atoms with Gasteiger partial charge in [0.25, 0.3) is 0 Å². The molecule has 1 aromatic heterocycles. The average molecular weight is 245 g/mol. The van der Waals surface area contributed by atoms with Crippen molar-refractivity contribution in [2.75, 3.05) is 13.2 Å². The van der Waals surface area contributed by atoms with Gasteiger partial charge in [-0.2, -0.15) is 0 Å². The van der Waals surface area contributed by atoms with Gasteiger partial charge < -0.3 is 13.9 Å². The topological polar surface area (TPSA) is 61.0 Å². The molecule has 5 heteroatoms. The van der Waals surface area contributed by atoms with Gasteiger partial charge in [-0.15, -0.1) is 0 Å². The lowest BCUT2D eigenvalue weighted by atomic mass is 10.2. The zero-order valence-corrected chi connectivity index (χ0v) is 9.80. The summed E-state index contributed by atoms with van der Waals surface area (Å²) in [7, 11) is 0. The minimum atomic E-state index is -0.513. The number of hydrogen-bond donors (Lipinski definition) is 0. The lowest BCUT2D eigenvalue weighted by Crippen LogP contribution is -2.20. The molecule has 2 aromatic rings. The smallest absolute Gasteiger partial charge is 0.366 e. The van der Waals surface area contributed by atoms with E-state index < -0.39 is 5.63 Å². The molecular formula is C13H11NO4. The SMILES string of the molecule is CCOC1=Nc2c(c3ccccc3oc2=O)OC1. The average Bonchev–Trinajstić information content (AvgIpc) is 2.40. The van der Waals surface area contributed by atoms with Crippen molar-refractivity contribution in [1.29, 1.82) is 0 Å². The maximum Gasteiger partial charge on any atom is 0.366 e. The van der Waals surface area contributed by atoms with Crippen molar-refractivity contribution in [2.45, 2.75) is 6.92 Å². The lowest BCUT2D eigenvalue weighted by Gasteiger charge is -2.16.